The van der Waals surface area contributed by atoms with Crippen LogP contribution in [0.3, 0.4) is 0 Å². The van der Waals surface area contributed by atoms with Crippen molar-refractivity contribution in [1.29, 1.82) is 0 Å². The standard InChI is InChI=1S/C14H18ClNO2S/c1-14(3-2-4-19-14)8-16-7-10-5-11(15)13-12(6-10)17-9-18-13/h5-6,16H,2-4,7-9H2,1H3. The third-order valence-electron chi connectivity index (χ3n) is 3.62. The number of fused-ring (bicyclic) bond motifs is 1. The first-order valence-electron chi connectivity index (χ1n) is 6.59. The molecule has 5 heteroatoms. The van der Waals surface area contributed by atoms with Crippen LogP contribution in [-0.2, 0) is 6.54 Å². The highest BCUT2D eigenvalue weighted by atomic mass is 35.5. The zero-order valence-corrected chi connectivity index (χ0v) is 12.6. The molecule has 3 nitrogen and oxygen atoms in total. The first-order valence-corrected chi connectivity index (χ1v) is 7.95. The maximum absolute atomic E-state index is 6.17. The molecule has 0 amide bonds. The SMILES string of the molecule is CC1(CNCc2cc(Cl)c3c(c2)OCO3)CCCS1. The molecule has 3 rings (SSSR count). The summed E-state index contributed by atoms with van der Waals surface area (Å²) < 4.78 is 11.1. The Labute approximate surface area is 123 Å². The third kappa shape index (κ3) is 2.96. The Hall–Kier alpha value is -0.580. The summed E-state index contributed by atoms with van der Waals surface area (Å²) in [6, 6.07) is 3.96. The van der Waals surface area contributed by atoms with Crippen molar-refractivity contribution in [2.45, 2.75) is 31.1 Å². The van der Waals surface area contributed by atoms with Gasteiger partial charge in [-0.1, -0.05) is 11.6 Å². The van der Waals surface area contributed by atoms with Crippen LogP contribution >= 0.6 is 23.4 Å². The van der Waals surface area contributed by atoms with Crippen LogP contribution in [0.1, 0.15) is 25.3 Å². The quantitative estimate of drug-likeness (QED) is 0.922. The summed E-state index contributed by atoms with van der Waals surface area (Å²) in [4.78, 5) is 0. The van der Waals surface area contributed by atoms with E-state index in [1.165, 1.54) is 18.6 Å². The second kappa shape index (κ2) is 5.43. The molecule has 1 aromatic carbocycles. The Morgan fingerprint density at radius 2 is 2.32 bits per heavy atom. The van der Waals surface area contributed by atoms with Crippen LogP contribution in [0, 0.1) is 0 Å². The molecule has 104 valence electrons. The molecule has 2 heterocycles. The summed E-state index contributed by atoms with van der Waals surface area (Å²) in [5.41, 5.74) is 1.14. The van der Waals surface area contributed by atoms with Crippen molar-refractivity contribution < 1.29 is 9.47 Å². The van der Waals surface area contributed by atoms with E-state index >= 15 is 0 Å². The molecule has 0 bridgehead atoms. The van der Waals surface area contributed by atoms with Crippen LogP contribution in [0.15, 0.2) is 12.1 Å². The van der Waals surface area contributed by atoms with Gasteiger partial charge in [-0.05, 0) is 43.2 Å². The average Bonchev–Trinajstić information content (AvgIpc) is 2.98. The van der Waals surface area contributed by atoms with Gasteiger partial charge in [-0.15, -0.1) is 0 Å². The van der Waals surface area contributed by atoms with E-state index in [1.54, 1.807) is 0 Å². The van der Waals surface area contributed by atoms with E-state index < -0.39 is 0 Å². The number of nitrogens with one attached hydrogen (secondary N) is 1. The molecule has 1 N–H and O–H groups in total. The van der Waals surface area contributed by atoms with Crippen molar-refractivity contribution >= 4 is 23.4 Å². The maximum atomic E-state index is 6.17. The summed E-state index contributed by atoms with van der Waals surface area (Å²) in [6.07, 6.45) is 2.63. The fourth-order valence-corrected chi connectivity index (χ4v) is 4.13. The molecule has 0 aliphatic carbocycles. The van der Waals surface area contributed by atoms with Gasteiger partial charge in [0.25, 0.3) is 0 Å². The Balaban J connectivity index is 1.60. The molecule has 1 aromatic rings. The normalized spacial score (nSPS) is 24.9. The molecule has 0 radical (unpaired) electrons. The summed E-state index contributed by atoms with van der Waals surface area (Å²) in [7, 11) is 0. The first kappa shape index (κ1) is 13.4. The third-order valence-corrected chi connectivity index (χ3v) is 5.43. The maximum Gasteiger partial charge on any atom is 0.231 e. The van der Waals surface area contributed by atoms with Gasteiger partial charge in [0.2, 0.25) is 6.79 Å². The van der Waals surface area contributed by atoms with Gasteiger partial charge in [0.05, 0.1) is 5.02 Å². The molecular weight excluding hydrogens is 282 g/mol. The molecule has 2 aliphatic rings. The van der Waals surface area contributed by atoms with Crippen LogP contribution in [0.4, 0.5) is 0 Å². The van der Waals surface area contributed by atoms with E-state index in [0.717, 1.165) is 24.4 Å². The van der Waals surface area contributed by atoms with Gasteiger partial charge in [-0.3, -0.25) is 0 Å². The molecule has 1 atom stereocenters. The predicted molar refractivity (Wildman–Crippen MR) is 79.4 cm³/mol. The van der Waals surface area contributed by atoms with Crippen LogP contribution in [0.2, 0.25) is 5.02 Å². The van der Waals surface area contributed by atoms with Crippen molar-refractivity contribution in [2.24, 2.45) is 0 Å². The zero-order chi connectivity index (χ0) is 13.3. The molecule has 0 aromatic heterocycles. The number of halogens is 1. The lowest BCUT2D eigenvalue weighted by Crippen LogP contribution is -2.32. The Kier molecular flexibility index (Phi) is 3.83. The lowest BCUT2D eigenvalue weighted by Gasteiger charge is -2.23. The minimum atomic E-state index is 0.265. The molecule has 0 spiro atoms. The van der Waals surface area contributed by atoms with Crippen LogP contribution in [-0.4, -0.2) is 23.8 Å². The average molecular weight is 300 g/mol. The minimum Gasteiger partial charge on any atom is -0.454 e. The van der Waals surface area contributed by atoms with Crippen molar-refractivity contribution in [3.8, 4) is 11.5 Å². The number of benzene rings is 1. The van der Waals surface area contributed by atoms with Crippen molar-refractivity contribution in [3.05, 3.63) is 22.7 Å². The summed E-state index contributed by atoms with van der Waals surface area (Å²) in [6.45, 7) is 4.45. The highest BCUT2D eigenvalue weighted by Gasteiger charge is 2.28. The van der Waals surface area contributed by atoms with Gasteiger partial charge in [0, 0.05) is 17.8 Å². The number of hydrogen-bond donors (Lipinski definition) is 1. The predicted octanol–water partition coefficient (Wildman–Crippen LogP) is 3.44. The number of hydrogen-bond acceptors (Lipinski definition) is 4. The van der Waals surface area contributed by atoms with Crippen molar-refractivity contribution in [1.82, 2.24) is 5.32 Å². The van der Waals surface area contributed by atoms with Crippen molar-refractivity contribution in [3.63, 3.8) is 0 Å². The lowest BCUT2D eigenvalue weighted by atomic mass is 10.1. The van der Waals surface area contributed by atoms with E-state index in [1.807, 2.05) is 12.1 Å². The molecule has 1 unspecified atom stereocenters. The lowest BCUT2D eigenvalue weighted by molar-refractivity contribution is 0.174. The van der Waals surface area contributed by atoms with Crippen LogP contribution in [0.25, 0.3) is 0 Å². The fraction of sp³-hybridized carbons (Fsp3) is 0.571. The number of rotatable bonds is 4. The Bertz CT molecular complexity index is 475. The highest BCUT2D eigenvalue weighted by Crippen LogP contribution is 2.40. The molecule has 2 aliphatic heterocycles. The van der Waals surface area contributed by atoms with E-state index in [9.17, 15) is 0 Å². The largest absolute Gasteiger partial charge is 0.454 e. The monoisotopic (exact) mass is 299 g/mol. The van der Waals surface area contributed by atoms with Crippen molar-refractivity contribution in [2.75, 3.05) is 19.1 Å². The smallest absolute Gasteiger partial charge is 0.231 e. The Morgan fingerprint density at radius 3 is 3.11 bits per heavy atom. The Morgan fingerprint density at radius 1 is 1.42 bits per heavy atom. The van der Waals surface area contributed by atoms with E-state index in [2.05, 4.69) is 24.0 Å². The summed E-state index contributed by atoms with van der Waals surface area (Å²) >= 11 is 8.24. The molecule has 1 fully saturated rings. The zero-order valence-electron chi connectivity index (χ0n) is 11.0. The highest BCUT2D eigenvalue weighted by molar-refractivity contribution is 8.00. The van der Waals surface area contributed by atoms with Gasteiger partial charge >= 0.3 is 0 Å². The van der Waals surface area contributed by atoms with Crippen LogP contribution in [0.5, 0.6) is 11.5 Å². The van der Waals surface area contributed by atoms with Gasteiger partial charge in [0.15, 0.2) is 11.5 Å². The second-order valence-electron chi connectivity index (χ2n) is 5.32. The second-order valence-corrected chi connectivity index (χ2v) is 7.41. The molecule has 1 saturated heterocycles. The van der Waals surface area contributed by atoms with Gasteiger partial charge in [-0.2, -0.15) is 11.8 Å². The van der Waals surface area contributed by atoms with E-state index in [0.29, 0.717) is 15.5 Å². The number of thioether (sulfide) groups is 1. The van der Waals surface area contributed by atoms with Gasteiger partial charge < -0.3 is 14.8 Å². The molecule has 0 saturated carbocycles. The molecular formula is C14H18ClNO2S. The summed E-state index contributed by atoms with van der Waals surface area (Å²) in [5.74, 6) is 2.71. The minimum absolute atomic E-state index is 0.265. The van der Waals surface area contributed by atoms with Gasteiger partial charge in [-0.25, -0.2) is 0 Å². The van der Waals surface area contributed by atoms with E-state index in [-0.39, 0.29) is 6.79 Å². The number of ether oxygens (including phenoxy) is 2. The summed E-state index contributed by atoms with van der Waals surface area (Å²) in [5, 5.41) is 4.16. The molecule has 19 heavy (non-hydrogen) atoms. The van der Waals surface area contributed by atoms with E-state index in [4.69, 9.17) is 21.1 Å². The first-order chi connectivity index (χ1) is 9.16. The fourth-order valence-electron chi connectivity index (χ4n) is 2.57. The van der Waals surface area contributed by atoms with Crippen LogP contribution < -0.4 is 14.8 Å². The topological polar surface area (TPSA) is 30.5 Å². The van der Waals surface area contributed by atoms with Gasteiger partial charge in [0.1, 0.15) is 0 Å².